The number of aromatic carboxylic acids is 1. The molecule has 1 fully saturated rings. The Bertz CT molecular complexity index is 689. The Morgan fingerprint density at radius 1 is 1.38 bits per heavy atom. The normalized spacial score (nSPS) is 17.1. The van der Waals surface area contributed by atoms with Gasteiger partial charge in [0.25, 0.3) is 0 Å². The predicted molar refractivity (Wildman–Crippen MR) is 82.5 cm³/mol. The zero-order valence-corrected chi connectivity index (χ0v) is 13.8. The Morgan fingerprint density at radius 3 is 2.76 bits per heavy atom. The Labute approximate surface area is 135 Å². The Hall–Kier alpha value is -1.20. The molecule has 0 atom stereocenters. The third-order valence-corrected chi connectivity index (χ3v) is 5.81. The largest absolute Gasteiger partial charge is 0.478 e. The molecular formula is C12H13IN2O5S. The summed E-state index contributed by atoms with van der Waals surface area (Å²) in [6.07, 6.45) is 0.515. The third-order valence-electron chi connectivity index (χ3n) is 3.03. The molecule has 0 aromatic heterocycles. The molecule has 0 unspecified atom stereocenters. The molecule has 1 aliphatic rings. The fourth-order valence-corrected chi connectivity index (χ4v) is 3.99. The van der Waals surface area contributed by atoms with Gasteiger partial charge in [0.1, 0.15) is 0 Å². The van der Waals surface area contributed by atoms with Crippen molar-refractivity contribution < 1.29 is 23.1 Å². The molecule has 7 nitrogen and oxygen atoms in total. The van der Waals surface area contributed by atoms with Crippen LogP contribution in [0.15, 0.2) is 23.1 Å². The van der Waals surface area contributed by atoms with Gasteiger partial charge in [-0.1, -0.05) is 0 Å². The fourth-order valence-electron chi connectivity index (χ4n) is 1.96. The van der Waals surface area contributed by atoms with Crippen LogP contribution >= 0.6 is 22.6 Å². The first-order valence-electron chi connectivity index (χ1n) is 6.12. The number of amides is 1. The SMILES string of the molecule is O=C1CN(S(=O)(=O)c2ccc(I)c(C(=O)O)c2)CCCN1. The lowest BCUT2D eigenvalue weighted by Gasteiger charge is -2.19. The summed E-state index contributed by atoms with van der Waals surface area (Å²) in [5.74, 6) is -1.55. The molecule has 1 aromatic rings. The van der Waals surface area contributed by atoms with Crippen LogP contribution in [0.5, 0.6) is 0 Å². The van der Waals surface area contributed by atoms with E-state index in [9.17, 15) is 18.0 Å². The number of rotatable bonds is 3. The molecule has 1 heterocycles. The first-order valence-corrected chi connectivity index (χ1v) is 8.64. The second-order valence-electron chi connectivity index (χ2n) is 4.49. The summed E-state index contributed by atoms with van der Waals surface area (Å²) < 4.78 is 26.6. The molecule has 9 heteroatoms. The summed E-state index contributed by atoms with van der Waals surface area (Å²) in [6.45, 7) is 0.393. The maximum atomic E-state index is 12.5. The van der Waals surface area contributed by atoms with Crippen LogP contribution in [0.3, 0.4) is 0 Å². The molecule has 2 N–H and O–H groups in total. The Balaban J connectivity index is 2.41. The van der Waals surface area contributed by atoms with Gasteiger partial charge in [0.05, 0.1) is 17.0 Å². The number of nitrogens with one attached hydrogen (secondary N) is 1. The minimum absolute atomic E-state index is 0.0732. The van der Waals surface area contributed by atoms with Crippen molar-refractivity contribution in [3.63, 3.8) is 0 Å². The van der Waals surface area contributed by atoms with Crippen molar-refractivity contribution in [1.82, 2.24) is 9.62 Å². The smallest absolute Gasteiger partial charge is 0.336 e. The number of hydrogen-bond acceptors (Lipinski definition) is 4. The summed E-state index contributed by atoms with van der Waals surface area (Å²) in [5, 5.41) is 11.7. The van der Waals surface area contributed by atoms with E-state index in [1.165, 1.54) is 12.1 Å². The van der Waals surface area contributed by atoms with Crippen LogP contribution in [0.2, 0.25) is 0 Å². The minimum atomic E-state index is -3.89. The highest BCUT2D eigenvalue weighted by atomic mass is 127. The van der Waals surface area contributed by atoms with Crippen molar-refractivity contribution in [2.45, 2.75) is 11.3 Å². The standard InChI is InChI=1S/C12H13IN2O5S/c13-10-3-2-8(6-9(10)12(17)18)21(19,20)15-5-1-4-14-11(16)7-15/h2-3,6H,1,4-5,7H2,(H,14,16)(H,17,18). The van der Waals surface area contributed by atoms with Crippen LogP contribution in [0.4, 0.5) is 0 Å². The number of carboxylic acids is 1. The van der Waals surface area contributed by atoms with E-state index in [4.69, 9.17) is 5.11 Å². The topological polar surface area (TPSA) is 104 Å². The van der Waals surface area contributed by atoms with E-state index < -0.39 is 16.0 Å². The average molecular weight is 424 g/mol. The molecule has 2 rings (SSSR count). The van der Waals surface area contributed by atoms with E-state index in [1.807, 2.05) is 22.6 Å². The first kappa shape index (κ1) is 16.2. The fraction of sp³-hybridized carbons (Fsp3) is 0.333. The molecular weight excluding hydrogens is 411 g/mol. The van der Waals surface area contributed by atoms with Crippen LogP contribution in [0, 0.1) is 3.57 Å². The van der Waals surface area contributed by atoms with E-state index in [0.717, 1.165) is 10.4 Å². The number of sulfonamides is 1. The molecule has 0 saturated carbocycles. The maximum absolute atomic E-state index is 12.5. The number of carbonyl (C=O) groups is 2. The summed E-state index contributed by atoms with van der Waals surface area (Å²) in [6, 6.07) is 3.92. The number of carboxylic acid groups (broad SMARTS) is 1. The van der Waals surface area contributed by atoms with E-state index >= 15 is 0 Å². The van der Waals surface area contributed by atoms with Crippen LogP contribution in [-0.2, 0) is 14.8 Å². The van der Waals surface area contributed by atoms with Gasteiger partial charge in [0, 0.05) is 16.7 Å². The number of carbonyl (C=O) groups excluding carboxylic acids is 1. The highest BCUT2D eigenvalue weighted by Gasteiger charge is 2.28. The summed E-state index contributed by atoms with van der Waals surface area (Å²) in [4.78, 5) is 22.5. The van der Waals surface area contributed by atoms with Crippen molar-refractivity contribution >= 4 is 44.5 Å². The van der Waals surface area contributed by atoms with E-state index in [0.29, 0.717) is 16.5 Å². The van der Waals surface area contributed by atoms with E-state index in [2.05, 4.69) is 5.32 Å². The number of halogens is 1. The highest BCUT2D eigenvalue weighted by Crippen LogP contribution is 2.21. The van der Waals surface area contributed by atoms with Gasteiger partial charge in [-0.2, -0.15) is 4.31 Å². The lowest BCUT2D eigenvalue weighted by molar-refractivity contribution is -0.120. The van der Waals surface area contributed by atoms with Crippen LogP contribution in [0.25, 0.3) is 0 Å². The lowest BCUT2D eigenvalue weighted by Crippen LogP contribution is -2.37. The Morgan fingerprint density at radius 2 is 2.10 bits per heavy atom. The van der Waals surface area contributed by atoms with E-state index in [1.54, 1.807) is 0 Å². The van der Waals surface area contributed by atoms with E-state index in [-0.39, 0.29) is 29.5 Å². The van der Waals surface area contributed by atoms with Crippen molar-refractivity contribution in [3.8, 4) is 0 Å². The first-order chi connectivity index (χ1) is 9.82. The zero-order valence-electron chi connectivity index (χ0n) is 10.9. The van der Waals surface area contributed by atoms with Crippen molar-refractivity contribution in [2.24, 2.45) is 0 Å². The van der Waals surface area contributed by atoms with Gasteiger partial charge < -0.3 is 10.4 Å². The summed E-state index contributed by atoms with van der Waals surface area (Å²) in [5.41, 5.74) is -0.0732. The van der Waals surface area contributed by atoms with Crippen molar-refractivity contribution in [1.29, 1.82) is 0 Å². The van der Waals surface area contributed by atoms with Gasteiger partial charge in [-0.3, -0.25) is 4.79 Å². The number of benzene rings is 1. The molecule has 0 aliphatic carbocycles. The predicted octanol–water partition coefficient (Wildman–Crippen LogP) is 0.500. The van der Waals surface area contributed by atoms with Crippen LogP contribution < -0.4 is 5.32 Å². The third kappa shape index (κ3) is 3.52. The molecule has 0 bridgehead atoms. The highest BCUT2D eigenvalue weighted by molar-refractivity contribution is 14.1. The minimum Gasteiger partial charge on any atom is -0.478 e. The van der Waals surface area contributed by atoms with Gasteiger partial charge in [0.15, 0.2) is 0 Å². The van der Waals surface area contributed by atoms with Crippen molar-refractivity contribution in [3.05, 3.63) is 27.3 Å². The van der Waals surface area contributed by atoms with Gasteiger partial charge >= 0.3 is 5.97 Å². The summed E-state index contributed by atoms with van der Waals surface area (Å²) in [7, 11) is -3.89. The number of nitrogens with zero attached hydrogens (tertiary/aromatic N) is 1. The number of hydrogen-bond donors (Lipinski definition) is 2. The second-order valence-corrected chi connectivity index (χ2v) is 7.59. The molecule has 0 spiro atoms. The van der Waals surface area contributed by atoms with Crippen molar-refractivity contribution in [2.75, 3.05) is 19.6 Å². The van der Waals surface area contributed by atoms with Gasteiger partial charge in [-0.05, 0) is 47.2 Å². The van der Waals surface area contributed by atoms with Gasteiger partial charge in [-0.25, -0.2) is 13.2 Å². The lowest BCUT2D eigenvalue weighted by atomic mass is 10.2. The Kier molecular flexibility index (Phi) is 4.84. The average Bonchev–Trinajstić information content (AvgIpc) is 2.63. The molecule has 1 aromatic carbocycles. The van der Waals surface area contributed by atoms with Gasteiger partial charge in [0.2, 0.25) is 15.9 Å². The monoisotopic (exact) mass is 424 g/mol. The second kappa shape index (κ2) is 6.28. The van der Waals surface area contributed by atoms with Crippen LogP contribution in [-0.4, -0.2) is 49.3 Å². The van der Waals surface area contributed by atoms with Gasteiger partial charge in [-0.15, -0.1) is 0 Å². The molecule has 114 valence electrons. The molecule has 1 saturated heterocycles. The summed E-state index contributed by atoms with van der Waals surface area (Å²) >= 11 is 1.83. The molecule has 0 radical (unpaired) electrons. The van der Waals surface area contributed by atoms with Crippen LogP contribution in [0.1, 0.15) is 16.8 Å². The maximum Gasteiger partial charge on any atom is 0.336 e. The molecule has 1 amide bonds. The molecule has 21 heavy (non-hydrogen) atoms. The zero-order chi connectivity index (χ0) is 15.6. The molecule has 1 aliphatic heterocycles. The quantitative estimate of drug-likeness (QED) is 0.688.